The molecule has 0 saturated carbocycles. The smallest absolute Gasteiger partial charge is 0.248 e. The molecule has 174 valence electrons. The van der Waals surface area contributed by atoms with Crippen molar-refractivity contribution < 1.29 is 23.5 Å². The largest absolute Gasteiger partial charge is 0.490 e. The van der Waals surface area contributed by atoms with Gasteiger partial charge in [0.1, 0.15) is 11.9 Å². The van der Waals surface area contributed by atoms with Crippen LogP contribution in [-0.2, 0) is 16.1 Å². The van der Waals surface area contributed by atoms with Crippen molar-refractivity contribution in [1.29, 1.82) is 0 Å². The van der Waals surface area contributed by atoms with Crippen LogP contribution in [0, 0.1) is 5.92 Å². The first-order valence-corrected chi connectivity index (χ1v) is 14.1. The molecule has 0 radical (unpaired) electrons. The molecular weight excluding hydrogens is 425 g/mol. The van der Waals surface area contributed by atoms with Crippen molar-refractivity contribution in [3.8, 4) is 5.75 Å². The van der Waals surface area contributed by atoms with Crippen molar-refractivity contribution in [3.63, 3.8) is 0 Å². The van der Waals surface area contributed by atoms with Crippen LogP contribution < -0.4 is 4.74 Å². The van der Waals surface area contributed by atoms with Gasteiger partial charge in [0.2, 0.25) is 14.3 Å². The highest BCUT2D eigenvalue weighted by Gasteiger charge is 2.48. The van der Waals surface area contributed by atoms with E-state index < -0.39 is 20.1 Å². The third-order valence-electron chi connectivity index (χ3n) is 6.35. The molecule has 0 bridgehead atoms. The molecule has 2 aromatic rings. The molecular formula is C25H34FNO4Si. The predicted octanol–water partition coefficient (Wildman–Crippen LogP) is 4.73. The number of fused-ring (bicyclic) bond motifs is 1. The van der Waals surface area contributed by atoms with Gasteiger partial charge in [-0.15, -0.1) is 0 Å². The number of methoxy groups -OCH3 is 1. The van der Waals surface area contributed by atoms with E-state index in [9.17, 15) is 9.90 Å². The number of halogens is 1. The summed E-state index contributed by atoms with van der Waals surface area (Å²) < 4.78 is 27.7. The van der Waals surface area contributed by atoms with E-state index in [-0.39, 0.29) is 37.5 Å². The van der Waals surface area contributed by atoms with Crippen molar-refractivity contribution in [2.24, 2.45) is 5.92 Å². The molecule has 5 nitrogen and oxygen atoms in total. The van der Waals surface area contributed by atoms with E-state index in [1.54, 1.807) is 25.1 Å². The second-order valence-corrected chi connectivity index (χ2v) is 12.9. The Morgan fingerprint density at radius 1 is 1.19 bits per heavy atom. The maximum absolute atomic E-state index is 15.7. The van der Waals surface area contributed by atoms with E-state index in [1.807, 2.05) is 61.5 Å². The lowest BCUT2D eigenvalue weighted by Gasteiger charge is -2.43. The van der Waals surface area contributed by atoms with E-state index in [1.165, 1.54) is 0 Å². The Morgan fingerprint density at radius 2 is 1.84 bits per heavy atom. The summed E-state index contributed by atoms with van der Waals surface area (Å²) in [4.78, 5) is 14.9. The van der Waals surface area contributed by atoms with Crippen LogP contribution in [0.5, 0.6) is 5.75 Å². The Morgan fingerprint density at radius 3 is 2.47 bits per heavy atom. The van der Waals surface area contributed by atoms with E-state index in [4.69, 9.17) is 9.47 Å². The summed E-state index contributed by atoms with van der Waals surface area (Å²) in [5.74, 6) is 0.403. The lowest BCUT2D eigenvalue weighted by molar-refractivity contribution is -0.133. The average molecular weight is 460 g/mol. The standard InChI is InChI=1S/C25H34FNO4Si/c1-18-24(30-2)20-12-8-9-13-21(20)31-25(18)22(32(3,4)26)16-23(29)27(14-15-28)17-19-10-6-5-7-11-19/h5-13,18,22,24-25,28H,14-17H2,1-4H3/t18-,22?,24-,25-/m1/s1. The molecule has 32 heavy (non-hydrogen) atoms. The van der Waals surface area contributed by atoms with Crippen molar-refractivity contribution in [2.75, 3.05) is 20.3 Å². The number of hydrogen-bond acceptors (Lipinski definition) is 4. The maximum Gasteiger partial charge on any atom is 0.248 e. The van der Waals surface area contributed by atoms with Crippen molar-refractivity contribution in [2.45, 2.75) is 50.7 Å². The summed E-state index contributed by atoms with van der Waals surface area (Å²) in [6, 6.07) is 17.3. The van der Waals surface area contributed by atoms with Gasteiger partial charge in [0, 0.05) is 43.6 Å². The Bertz CT molecular complexity index is 889. The Hall–Kier alpha value is -2.22. The molecule has 0 aromatic heterocycles. The minimum atomic E-state index is -3.29. The fraction of sp³-hybridized carbons (Fsp3) is 0.480. The molecule has 1 unspecified atom stereocenters. The topological polar surface area (TPSA) is 59.0 Å². The normalized spacial score (nSPS) is 21.4. The summed E-state index contributed by atoms with van der Waals surface area (Å²) in [5.41, 5.74) is 1.37. The number of ether oxygens (including phenoxy) is 2. The van der Waals surface area contributed by atoms with Gasteiger partial charge in [-0.3, -0.25) is 4.79 Å². The molecule has 0 aliphatic carbocycles. The average Bonchev–Trinajstić information content (AvgIpc) is 2.77. The number of rotatable bonds is 9. The zero-order chi connectivity index (χ0) is 23.3. The van der Waals surface area contributed by atoms with Crippen LogP contribution in [0.1, 0.15) is 30.6 Å². The molecule has 7 heteroatoms. The highest BCUT2D eigenvalue weighted by atomic mass is 28.4. The molecule has 0 fully saturated rings. The maximum atomic E-state index is 15.7. The van der Waals surface area contributed by atoms with Crippen LogP contribution in [0.2, 0.25) is 18.6 Å². The quantitative estimate of drug-likeness (QED) is 0.435. The monoisotopic (exact) mass is 459 g/mol. The third kappa shape index (κ3) is 5.57. The van der Waals surface area contributed by atoms with E-state index >= 15 is 4.11 Å². The van der Waals surface area contributed by atoms with Gasteiger partial charge >= 0.3 is 0 Å². The lowest BCUT2D eigenvalue weighted by Crippen LogP contribution is -2.48. The fourth-order valence-electron chi connectivity index (χ4n) is 4.61. The van der Waals surface area contributed by atoms with Gasteiger partial charge in [-0.05, 0) is 24.7 Å². The molecule has 0 saturated heterocycles. The zero-order valence-corrected chi connectivity index (χ0v) is 20.3. The summed E-state index contributed by atoms with van der Waals surface area (Å²) >= 11 is 0. The first-order valence-electron chi connectivity index (χ1n) is 11.2. The fourth-order valence-corrected chi connectivity index (χ4v) is 6.42. The van der Waals surface area contributed by atoms with Gasteiger partial charge in [-0.1, -0.05) is 55.5 Å². The molecule has 0 spiro atoms. The first-order chi connectivity index (χ1) is 15.3. The molecule has 1 aliphatic heterocycles. The Labute approximate surface area is 191 Å². The summed E-state index contributed by atoms with van der Waals surface area (Å²) in [6.07, 6.45) is -0.661. The van der Waals surface area contributed by atoms with Crippen LogP contribution in [-0.4, -0.2) is 50.7 Å². The van der Waals surface area contributed by atoms with Crippen LogP contribution in [0.4, 0.5) is 4.11 Å². The van der Waals surface area contributed by atoms with E-state index in [2.05, 4.69) is 0 Å². The number of carbonyl (C=O) groups is 1. The molecule has 1 amide bonds. The SMILES string of the molecule is CO[C@H]1c2ccccc2O[C@@H](C(CC(=O)N(CCO)Cc2ccccc2)[Si](C)(C)F)[C@@H]1C. The second kappa shape index (κ2) is 10.6. The number of carbonyl (C=O) groups excluding carboxylic acids is 1. The summed E-state index contributed by atoms with van der Waals surface area (Å²) in [6.45, 7) is 5.72. The van der Waals surface area contributed by atoms with Gasteiger partial charge < -0.3 is 23.6 Å². The number of aliphatic hydroxyl groups excluding tert-OH is 1. The molecule has 1 heterocycles. The summed E-state index contributed by atoms with van der Waals surface area (Å²) in [5, 5.41) is 9.52. The zero-order valence-electron chi connectivity index (χ0n) is 19.3. The van der Waals surface area contributed by atoms with Crippen molar-refractivity contribution in [3.05, 3.63) is 65.7 Å². The van der Waals surface area contributed by atoms with Gasteiger partial charge in [-0.2, -0.15) is 0 Å². The number of amides is 1. The van der Waals surface area contributed by atoms with Gasteiger partial charge in [-0.25, -0.2) is 0 Å². The van der Waals surface area contributed by atoms with Crippen molar-refractivity contribution >= 4 is 14.3 Å². The molecule has 4 atom stereocenters. The number of hydrogen-bond donors (Lipinski definition) is 1. The van der Waals surface area contributed by atoms with E-state index in [0.29, 0.717) is 12.3 Å². The van der Waals surface area contributed by atoms with Gasteiger partial charge in [0.15, 0.2) is 0 Å². The first kappa shape index (κ1) is 24.4. The van der Waals surface area contributed by atoms with Crippen LogP contribution in [0.15, 0.2) is 54.6 Å². The number of para-hydroxylation sites is 1. The second-order valence-electron chi connectivity index (χ2n) is 9.04. The van der Waals surface area contributed by atoms with Gasteiger partial charge in [0.25, 0.3) is 0 Å². The van der Waals surface area contributed by atoms with Crippen molar-refractivity contribution in [1.82, 2.24) is 4.90 Å². The summed E-state index contributed by atoms with van der Waals surface area (Å²) in [7, 11) is -1.64. The minimum Gasteiger partial charge on any atom is -0.490 e. The van der Waals surface area contributed by atoms with Crippen LogP contribution in [0.3, 0.4) is 0 Å². The number of benzene rings is 2. The molecule has 1 aliphatic rings. The predicted molar refractivity (Wildman–Crippen MR) is 126 cm³/mol. The number of nitrogens with zero attached hydrogens (tertiary/aromatic N) is 1. The van der Waals surface area contributed by atoms with Gasteiger partial charge in [0.05, 0.1) is 12.7 Å². The highest BCUT2D eigenvalue weighted by molar-refractivity contribution is 6.72. The van der Waals surface area contributed by atoms with Crippen LogP contribution >= 0.6 is 0 Å². The molecule has 3 rings (SSSR count). The highest BCUT2D eigenvalue weighted by Crippen LogP contribution is 2.47. The third-order valence-corrected chi connectivity index (χ3v) is 8.65. The molecule has 1 N–H and O–H groups in total. The number of aliphatic hydroxyl groups is 1. The lowest BCUT2D eigenvalue weighted by atomic mass is 9.86. The van der Waals surface area contributed by atoms with E-state index in [0.717, 1.165) is 11.1 Å². The molecule has 2 aromatic carbocycles. The Balaban J connectivity index is 1.85. The van der Waals surface area contributed by atoms with Crippen LogP contribution in [0.25, 0.3) is 0 Å². The Kier molecular flexibility index (Phi) is 8.09. The minimum absolute atomic E-state index is 0.0379.